The van der Waals surface area contributed by atoms with Crippen LogP contribution < -0.4 is 0 Å². The average Bonchev–Trinajstić information content (AvgIpc) is 2.40. The molecule has 0 aromatic heterocycles. The summed E-state index contributed by atoms with van der Waals surface area (Å²) in [6, 6.07) is 5.86. The van der Waals surface area contributed by atoms with Gasteiger partial charge in [0.1, 0.15) is 9.84 Å². The molecule has 0 amide bonds. The minimum atomic E-state index is -3.02. The molecule has 0 aliphatic heterocycles. The fourth-order valence-electron chi connectivity index (χ4n) is 2.85. The van der Waals surface area contributed by atoms with Crippen LogP contribution in [0.3, 0.4) is 0 Å². The SMILES string of the molecule is CS(=O)(=O)C1CCCC(C(O)c2cc(I)ccc2Br)C1. The lowest BCUT2D eigenvalue weighted by atomic mass is 9.82. The third-order valence-corrected chi connectivity index (χ3v) is 7.03. The monoisotopic (exact) mass is 472 g/mol. The Hall–Kier alpha value is 0.340. The van der Waals surface area contributed by atoms with Crippen LogP contribution in [0.2, 0.25) is 0 Å². The molecule has 1 saturated carbocycles. The molecule has 0 spiro atoms. The van der Waals surface area contributed by atoms with Gasteiger partial charge in [0.05, 0.1) is 11.4 Å². The molecule has 2 rings (SSSR count). The second kappa shape index (κ2) is 6.62. The molecular weight excluding hydrogens is 455 g/mol. The summed E-state index contributed by atoms with van der Waals surface area (Å²) in [5.74, 6) is 0.0120. The minimum Gasteiger partial charge on any atom is -0.388 e. The Bertz CT molecular complexity index is 588. The lowest BCUT2D eigenvalue weighted by molar-refractivity contribution is 0.0850. The predicted molar refractivity (Wildman–Crippen MR) is 92.4 cm³/mol. The molecule has 0 bridgehead atoms. The van der Waals surface area contributed by atoms with Gasteiger partial charge >= 0.3 is 0 Å². The molecule has 1 aliphatic carbocycles. The number of hydrogen-bond donors (Lipinski definition) is 1. The molecule has 20 heavy (non-hydrogen) atoms. The normalized spacial score (nSPS) is 25.4. The van der Waals surface area contributed by atoms with Crippen LogP contribution >= 0.6 is 38.5 Å². The smallest absolute Gasteiger partial charge is 0.150 e. The van der Waals surface area contributed by atoms with Crippen molar-refractivity contribution in [3.05, 3.63) is 31.8 Å². The Morgan fingerprint density at radius 2 is 2.10 bits per heavy atom. The first-order valence-corrected chi connectivity index (χ1v) is 10.4. The lowest BCUT2D eigenvalue weighted by Gasteiger charge is -2.31. The second-order valence-electron chi connectivity index (χ2n) is 5.49. The van der Waals surface area contributed by atoms with E-state index >= 15 is 0 Å². The molecular formula is C14H18BrIO3S. The highest BCUT2D eigenvalue weighted by Crippen LogP contribution is 2.39. The van der Waals surface area contributed by atoms with Gasteiger partial charge in [-0.1, -0.05) is 22.4 Å². The molecule has 112 valence electrons. The van der Waals surface area contributed by atoms with Crippen molar-refractivity contribution < 1.29 is 13.5 Å². The maximum Gasteiger partial charge on any atom is 0.150 e. The van der Waals surface area contributed by atoms with E-state index in [4.69, 9.17) is 0 Å². The topological polar surface area (TPSA) is 54.4 Å². The number of aliphatic hydroxyl groups is 1. The van der Waals surface area contributed by atoms with Crippen molar-refractivity contribution in [3.63, 3.8) is 0 Å². The predicted octanol–water partition coefficient (Wildman–Crippen LogP) is 3.69. The van der Waals surface area contributed by atoms with Crippen molar-refractivity contribution in [2.75, 3.05) is 6.26 Å². The van der Waals surface area contributed by atoms with Gasteiger partial charge in [-0.15, -0.1) is 0 Å². The van der Waals surface area contributed by atoms with E-state index in [0.717, 1.165) is 32.9 Å². The van der Waals surface area contributed by atoms with Crippen molar-refractivity contribution in [1.82, 2.24) is 0 Å². The van der Waals surface area contributed by atoms with Crippen LogP contribution in [-0.4, -0.2) is 25.0 Å². The Balaban J connectivity index is 2.20. The van der Waals surface area contributed by atoms with Crippen LogP contribution in [0, 0.1) is 9.49 Å². The summed E-state index contributed by atoms with van der Waals surface area (Å²) in [6.45, 7) is 0. The quantitative estimate of drug-likeness (QED) is 0.682. The van der Waals surface area contributed by atoms with Gasteiger partial charge in [-0.05, 0) is 71.5 Å². The summed E-state index contributed by atoms with van der Waals surface area (Å²) in [7, 11) is -3.02. The van der Waals surface area contributed by atoms with Crippen molar-refractivity contribution in [2.24, 2.45) is 5.92 Å². The van der Waals surface area contributed by atoms with E-state index in [1.54, 1.807) is 0 Å². The molecule has 1 fully saturated rings. The fourth-order valence-corrected chi connectivity index (χ4v) is 5.04. The zero-order valence-corrected chi connectivity index (χ0v) is 15.8. The highest BCUT2D eigenvalue weighted by molar-refractivity contribution is 14.1. The van der Waals surface area contributed by atoms with Gasteiger partial charge in [-0.25, -0.2) is 8.42 Å². The van der Waals surface area contributed by atoms with E-state index in [-0.39, 0.29) is 11.2 Å². The van der Waals surface area contributed by atoms with Crippen molar-refractivity contribution in [2.45, 2.75) is 37.0 Å². The number of hydrogen-bond acceptors (Lipinski definition) is 3. The molecule has 0 heterocycles. The van der Waals surface area contributed by atoms with Crippen LogP contribution in [0.5, 0.6) is 0 Å². The standard InChI is InChI=1S/C14H18BrIO3S/c1-20(18,19)11-4-2-3-9(7-11)14(17)12-8-10(16)5-6-13(12)15/h5-6,8-9,11,14,17H,2-4,7H2,1H3. The van der Waals surface area contributed by atoms with E-state index in [9.17, 15) is 13.5 Å². The van der Waals surface area contributed by atoms with Crippen LogP contribution in [0.15, 0.2) is 22.7 Å². The maximum atomic E-state index is 11.7. The molecule has 0 saturated heterocycles. The Morgan fingerprint density at radius 3 is 2.75 bits per heavy atom. The molecule has 6 heteroatoms. The molecule has 3 unspecified atom stereocenters. The molecule has 3 nitrogen and oxygen atoms in total. The third kappa shape index (κ3) is 3.96. The molecule has 1 N–H and O–H groups in total. The second-order valence-corrected chi connectivity index (χ2v) is 9.91. The van der Waals surface area contributed by atoms with E-state index in [2.05, 4.69) is 38.5 Å². The highest BCUT2D eigenvalue weighted by atomic mass is 127. The van der Waals surface area contributed by atoms with Crippen molar-refractivity contribution >= 4 is 48.4 Å². The Kier molecular flexibility index (Phi) is 5.53. The number of benzene rings is 1. The van der Waals surface area contributed by atoms with Crippen molar-refractivity contribution in [1.29, 1.82) is 0 Å². The Morgan fingerprint density at radius 1 is 1.40 bits per heavy atom. The summed E-state index contributed by atoms with van der Waals surface area (Å²) in [6.07, 6.45) is 3.71. The van der Waals surface area contributed by atoms with Crippen LogP contribution in [0.25, 0.3) is 0 Å². The number of halogens is 2. The average molecular weight is 473 g/mol. The van der Waals surface area contributed by atoms with Gasteiger partial charge in [-0.3, -0.25) is 0 Å². The van der Waals surface area contributed by atoms with Gasteiger partial charge in [0, 0.05) is 14.3 Å². The Labute approximate surface area is 142 Å². The summed E-state index contributed by atoms with van der Waals surface area (Å²) in [5.41, 5.74) is 0.857. The highest BCUT2D eigenvalue weighted by Gasteiger charge is 2.33. The van der Waals surface area contributed by atoms with E-state index in [0.29, 0.717) is 6.42 Å². The first-order chi connectivity index (χ1) is 9.29. The lowest BCUT2D eigenvalue weighted by Crippen LogP contribution is -2.30. The van der Waals surface area contributed by atoms with Gasteiger partial charge in [0.2, 0.25) is 0 Å². The molecule has 0 radical (unpaired) electrons. The first-order valence-electron chi connectivity index (χ1n) is 6.61. The molecule has 1 aromatic carbocycles. The molecule has 1 aromatic rings. The van der Waals surface area contributed by atoms with Crippen LogP contribution in [0.4, 0.5) is 0 Å². The summed E-state index contributed by atoms with van der Waals surface area (Å²) >= 11 is 5.69. The largest absolute Gasteiger partial charge is 0.388 e. The number of aliphatic hydroxyl groups excluding tert-OH is 1. The van der Waals surface area contributed by atoms with E-state index in [1.165, 1.54) is 6.26 Å². The van der Waals surface area contributed by atoms with E-state index < -0.39 is 15.9 Å². The van der Waals surface area contributed by atoms with Crippen LogP contribution in [-0.2, 0) is 9.84 Å². The zero-order valence-electron chi connectivity index (χ0n) is 11.2. The first kappa shape index (κ1) is 16.7. The molecule has 1 aliphatic rings. The minimum absolute atomic E-state index is 0.0120. The summed E-state index contributed by atoms with van der Waals surface area (Å²) in [5, 5.41) is 10.3. The van der Waals surface area contributed by atoms with Gasteiger partial charge in [-0.2, -0.15) is 0 Å². The van der Waals surface area contributed by atoms with Gasteiger partial charge in [0.15, 0.2) is 0 Å². The van der Waals surface area contributed by atoms with Crippen LogP contribution in [0.1, 0.15) is 37.4 Å². The number of sulfone groups is 1. The fraction of sp³-hybridized carbons (Fsp3) is 0.571. The van der Waals surface area contributed by atoms with Crippen molar-refractivity contribution in [3.8, 4) is 0 Å². The molecule has 3 atom stereocenters. The summed E-state index contributed by atoms with van der Waals surface area (Å²) < 4.78 is 25.4. The zero-order chi connectivity index (χ0) is 14.9. The third-order valence-electron chi connectivity index (χ3n) is 4.00. The summed E-state index contributed by atoms with van der Waals surface area (Å²) in [4.78, 5) is 0. The van der Waals surface area contributed by atoms with Gasteiger partial charge in [0.25, 0.3) is 0 Å². The maximum absolute atomic E-state index is 11.7. The van der Waals surface area contributed by atoms with Gasteiger partial charge < -0.3 is 5.11 Å². The number of rotatable bonds is 3. The van der Waals surface area contributed by atoms with E-state index in [1.807, 2.05) is 18.2 Å².